The number of carbonyl (C=O) groups is 2. The van der Waals surface area contributed by atoms with Crippen molar-refractivity contribution in [2.24, 2.45) is 0 Å². The molecule has 2 unspecified atom stereocenters. The normalized spacial score (nSPS) is 20.1. The minimum atomic E-state index is -0.738. The number of methoxy groups -OCH3 is 1. The van der Waals surface area contributed by atoms with Crippen LogP contribution in [0.15, 0.2) is 42.5 Å². The minimum Gasteiger partial charge on any atom is -0.383 e. The molecule has 2 aromatic carbocycles. The Labute approximate surface area is 154 Å². The van der Waals surface area contributed by atoms with Gasteiger partial charge in [-0.25, -0.2) is 0 Å². The highest BCUT2D eigenvalue weighted by Crippen LogP contribution is 2.40. The fourth-order valence-electron chi connectivity index (χ4n) is 4.05. The molecule has 2 aromatic rings. The molecule has 0 spiro atoms. The predicted molar refractivity (Wildman–Crippen MR) is 101 cm³/mol. The van der Waals surface area contributed by atoms with E-state index in [0.717, 1.165) is 27.8 Å². The fourth-order valence-corrected chi connectivity index (χ4v) is 4.05. The molecule has 0 aliphatic carbocycles. The largest absolute Gasteiger partial charge is 0.383 e. The van der Waals surface area contributed by atoms with E-state index in [2.05, 4.69) is 0 Å². The van der Waals surface area contributed by atoms with Gasteiger partial charge in [-0.1, -0.05) is 48.0 Å². The molecule has 1 amide bonds. The van der Waals surface area contributed by atoms with Crippen LogP contribution in [0.25, 0.3) is 0 Å². The van der Waals surface area contributed by atoms with E-state index in [4.69, 9.17) is 4.74 Å². The van der Waals surface area contributed by atoms with Crippen LogP contribution in [0.5, 0.6) is 0 Å². The van der Waals surface area contributed by atoms with Crippen molar-refractivity contribution in [1.82, 2.24) is 4.90 Å². The van der Waals surface area contributed by atoms with Crippen molar-refractivity contribution >= 4 is 11.7 Å². The summed E-state index contributed by atoms with van der Waals surface area (Å²) in [7, 11) is 1.60. The van der Waals surface area contributed by atoms with Gasteiger partial charge in [0.15, 0.2) is 5.78 Å². The van der Waals surface area contributed by atoms with Gasteiger partial charge in [0, 0.05) is 13.7 Å². The number of amides is 1. The van der Waals surface area contributed by atoms with Gasteiger partial charge in [0.05, 0.1) is 6.61 Å². The number of ketones is 1. The predicted octanol–water partition coefficient (Wildman–Crippen LogP) is 3.49. The second-order valence-corrected chi connectivity index (χ2v) is 6.99. The van der Waals surface area contributed by atoms with Crippen molar-refractivity contribution in [2.75, 3.05) is 20.3 Å². The minimum absolute atomic E-state index is 0.0487. The number of benzene rings is 2. The fraction of sp³-hybridized carbons (Fsp3) is 0.364. The van der Waals surface area contributed by atoms with Crippen LogP contribution in [-0.2, 0) is 14.3 Å². The van der Waals surface area contributed by atoms with Crippen LogP contribution in [0.2, 0.25) is 0 Å². The molecular weight excluding hydrogens is 326 g/mol. The van der Waals surface area contributed by atoms with Crippen LogP contribution in [-0.4, -0.2) is 36.9 Å². The topological polar surface area (TPSA) is 46.6 Å². The van der Waals surface area contributed by atoms with Crippen molar-refractivity contribution in [3.05, 3.63) is 70.3 Å². The van der Waals surface area contributed by atoms with Gasteiger partial charge in [-0.05, 0) is 43.0 Å². The highest BCUT2D eigenvalue weighted by molar-refractivity contribution is 6.15. The van der Waals surface area contributed by atoms with E-state index in [1.165, 1.54) is 0 Å². The zero-order chi connectivity index (χ0) is 18.8. The summed E-state index contributed by atoms with van der Waals surface area (Å²) in [5, 5.41) is 0. The molecule has 2 atom stereocenters. The van der Waals surface area contributed by atoms with E-state index in [1.54, 1.807) is 12.0 Å². The Morgan fingerprint density at radius 1 is 1.00 bits per heavy atom. The van der Waals surface area contributed by atoms with E-state index < -0.39 is 12.0 Å². The Morgan fingerprint density at radius 2 is 1.62 bits per heavy atom. The van der Waals surface area contributed by atoms with Gasteiger partial charge in [0.1, 0.15) is 12.0 Å². The number of likely N-dealkylation sites (tertiary alicyclic amines) is 1. The number of ether oxygens (including phenoxy) is 1. The average Bonchev–Trinajstić information content (AvgIpc) is 2.84. The highest BCUT2D eigenvalue weighted by Gasteiger charge is 2.49. The second-order valence-electron chi connectivity index (χ2n) is 6.99. The van der Waals surface area contributed by atoms with Gasteiger partial charge < -0.3 is 9.64 Å². The van der Waals surface area contributed by atoms with Crippen molar-refractivity contribution < 1.29 is 14.3 Å². The second kappa shape index (κ2) is 7.42. The summed E-state index contributed by atoms with van der Waals surface area (Å²) in [5.74, 6) is -0.916. The highest BCUT2D eigenvalue weighted by atomic mass is 16.5. The quantitative estimate of drug-likeness (QED) is 0.775. The van der Waals surface area contributed by atoms with Crippen molar-refractivity contribution in [3.63, 3.8) is 0 Å². The third kappa shape index (κ3) is 3.17. The van der Waals surface area contributed by atoms with Crippen LogP contribution in [0, 0.1) is 20.8 Å². The lowest BCUT2D eigenvalue weighted by Gasteiger charge is -2.23. The standard InChI is InChI=1S/C22H25NO3/c1-14-12-15(2)18(16(3)13-14)19-21(24)20(17-8-6-5-7-9-17)23(22(19)25)10-11-26-4/h5-9,12-13,19-20H,10-11H2,1-4H3. The lowest BCUT2D eigenvalue weighted by atomic mass is 9.86. The Bertz CT molecular complexity index is 806. The molecule has 4 heteroatoms. The van der Waals surface area contributed by atoms with Crippen LogP contribution in [0.3, 0.4) is 0 Å². The molecule has 3 rings (SSSR count). The number of hydrogen-bond donors (Lipinski definition) is 0. The molecular formula is C22H25NO3. The van der Waals surface area contributed by atoms with Crippen LogP contribution in [0.1, 0.15) is 39.8 Å². The lowest BCUT2D eigenvalue weighted by molar-refractivity contribution is -0.130. The Balaban J connectivity index is 2.08. The molecule has 1 heterocycles. The number of nitrogens with zero attached hydrogens (tertiary/aromatic N) is 1. The molecule has 0 saturated carbocycles. The van der Waals surface area contributed by atoms with E-state index in [9.17, 15) is 9.59 Å². The summed E-state index contributed by atoms with van der Waals surface area (Å²) in [6.07, 6.45) is 0. The molecule has 0 aromatic heterocycles. The maximum absolute atomic E-state index is 13.4. The zero-order valence-corrected chi connectivity index (χ0v) is 15.8. The van der Waals surface area contributed by atoms with Gasteiger partial charge in [0.25, 0.3) is 0 Å². The van der Waals surface area contributed by atoms with Crippen LogP contribution >= 0.6 is 0 Å². The van der Waals surface area contributed by atoms with Gasteiger partial charge in [-0.2, -0.15) is 0 Å². The third-order valence-corrected chi connectivity index (χ3v) is 5.07. The molecule has 1 fully saturated rings. The van der Waals surface area contributed by atoms with Gasteiger partial charge in [-0.3, -0.25) is 9.59 Å². The summed E-state index contributed by atoms with van der Waals surface area (Å²) in [6.45, 7) is 6.79. The van der Waals surface area contributed by atoms with Gasteiger partial charge >= 0.3 is 0 Å². The van der Waals surface area contributed by atoms with Crippen LogP contribution in [0.4, 0.5) is 0 Å². The van der Waals surface area contributed by atoms with E-state index in [1.807, 2.05) is 63.2 Å². The monoisotopic (exact) mass is 351 g/mol. The van der Waals surface area contributed by atoms with Gasteiger partial charge in [0.2, 0.25) is 5.91 Å². The number of Topliss-reactive ketones (excluding diaryl/α,β-unsaturated/α-hetero) is 1. The SMILES string of the molecule is COCCN1C(=O)C(c2c(C)cc(C)cc2C)C(=O)C1c1ccccc1. The number of aryl methyl sites for hydroxylation is 3. The van der Waals surface area contributed by atoms with Crippen molar-refractivity contribution in [1.29, 1.82) is 0 Å². The summed E-state index contributed by atoms with van der Waals surface area (Å²) in [6, 6.07) is 13.1. The molecule has 26 heavy (non-hydrogen) atoms. The first kappa shape index (κ1) is 18.3. The Hall–Kier alpha value is -2.46. The molecule has 1 saturated heterocycles. The molecule has 0 bridgehead atoms. The van der Waals surface area contributed by atoms with Gasteiger partial charge in [-0.15, -0.1) is 0 Å². The first-order chi connectivity index (χ1) is 12.5. The summed E-state index contributed by atoms with van der Waals surface area (Å²) < 4.78 is 5.17. The van der Waals surface area contributed by atoms with E-state index in [-0.39, 0.29) is 11.7 Å². The smallest absolute Gasteiger partial charge is 0.238 e. The van der Waals surface area contributed by atoms with Crippen LogP contribution < -0.4 is 0 Å². The maximum atomic E-state index is 13.4. The molecule has 0 radical (unpaired) electrons. The first-order valence-corrected chi connectivity index (χ1v) is 8.91. The first-order valence-electron chi connectivity index (χ1n) is 8.91. The number of hydrogen-bond acceptors (Lipinski definition) is 3. The molecule has 4 nitrogen and oxygen atoms in total. The summed E-state index contributed by atoms with van der Waals surface area (Å²) >= 11 is 0. The molecule has 1 aliphatic rings. The number of rotatable bonds is 5. The number of carbonyl (C=O) groups excluding carboxylic acids is 2. The lowest BCUT2D eigenvalue weighted by Crippen LogP contribution is -2.32. The Kier molecular flexibility index (Phi) is 5.23. The third-order valence-electron chi connectivity index (χ3n) is 5.07. The van der Waals surface area contributed by atoms with E-state index >= 15 is 0 Å². The molecule has 0 N–H and O–H groups in total. The maximum Gasteiger partial charge on any atom is 0.238 e. The van der Waals surface area contributed by atoms with E-state index in [0.29, 0.717) is 13.2 Å². The summed E-state index contributed by atoms with van der Waals surface area (Å²) in [5.41, 5.74) is 4.83. The molecule has 136 valence electrons. The zero-order valence-electron chi connectivity index (χ0n) is 15.8. The average molecular weight is 351 g/mol. The summed E-state index contributed by atoms with van der Waals surface area (Å²) in [4.78, 5) is 28.3. The molecule has 1 aliphatic heterocycles. The van der Waals surface area contributed by atoms with Crippen molar-refractivity contribution in [3.8, 4) is 0 Å². The Morgan fingerprint density at radius 3 is 2.19 bits per heavy atom. The van der Waals surface area contributed by atoms with Crippen molar-refractivity contribution in [2.45, 2.75) is 32.7 Å².